The summed E-state index contributed by atoms with van der Waals surface area (Å²) in [6.45, 7) is 1.19. The van der Waals surface area contributed by atoms with Crippen LogP contribution in [0.2, 0.25) is 0 Å². The smallest absolute Gasteiger partial charge is 0.322 e. The minimum atomic E-state index is -0.494. The average molecular weight is 380 g/mol. The van der Waals surface area contributed by atoms with E-state index in [0.29, 0.717) is 36.2 Å². The number of aromatic nitrogens is 2. The van der Waals surface area contributed by atoms with Crippen molar-refractivity contribution in [2.45, 2.75) is 31.2 Å². The van der Waals surface area contributed by atoms with Gasteiger partial charge in [0.2, 0.25) is 0 Å². The molecular weight excluding hydrogens is 358 g/mol. The third-order valence-corrected chi connectivity index (χ3v) is 4.94. The molecule has 2 amide bonds. The molecule has 1 aromatic carbocycles. The average Bonchev–Trinajstić information content (AvgIpc) is 3.35. The van der Waals surface area contributed by atoms with Crippen LogP contribution in [0.1, 0.15) is 31.5 Å². The van der Waals surface area contributed by atoms with Crippen LogP contribution in [-0.2, 0) is 5.54 Å². The molecule has 8 nitrogen and oxygen atoms in total. The highest BCUT2D eigenvalue weighted by atomic mass is 35.5. The summed E-state index contributed by atoms with van der Waals surface area (Å²) in [5.41, 5.74) is 7.32. The van der Waals surface area contributed by atoms with E-state index in [1.165, 1.54) is 0 Å². The number of carbonyl (C=O) groups is 1. The van der Waals surface area contributed by atoms with Crippen molar-refractivity contribution < 1.29 is 14.1 Å². The van der Waals surface area contributed by atoms with Crippen LogP contribution in [0.5, 0.6) is 5.75 Å². The molecule has 2 fully saturated rings. The van der Waals surface area contributed by atoms with E-state index in [-0.39, 0.29) is 18.4 Å². The molecule has 0 atom stereocenters. The number of rotatable bonds is 4. The van der Waals surface area contributed by atoms with Crippen molar-refractivity contribution in [1.82, 2.24) is 15.5 Å². The van der Waals surface area contributed by atoms with Crippen molar-refractivity contribution in [3.05, 3.63) is 24.0 Å². The lowest BCUT2D eigenvalue weighted by Gasteiger charge is -2.18. The van der Waals surface area contributed by atoms with Crippen molar-refractivity contribution in [2.24, 2.45) is 5.73 Å². The molecule has 1 aromatic heterocycles. The number of nitrogens with two attached hydrogens (primary N) is 1. The minimum Gasteiger partial charge on any atom is -0.495 e. The number of carbonyl (C=O) groups excluding carboxylic acids is 1. The van der Waals surface area contributed by atoms with Crippen molar-refractivity contribution >= 4 is 24.1 Å². The van der Waals surface area contributed by atoms with Crippen LogP contribution >= 0.6 is 12.4 Å². The van der Waals surface area contributed by atoms with Gasteiger partial charge in [-0.3, -0.25) is 4.90 Å². The lowest BCUT2D eigenvalue weighted by molar-refractivity contribution is 0.252. The van der Waals surface area contributed by atoms with Crippen LogP contribution < -0.4 is 20.7 Å². The lowest BCUT2D eigenvalue weighted by Crippen LogP contribution is -2.34. The van der Waals surface area contributed by atoms with Gasteiger partial charge in [0.1, 0.15) is 5.75 Å². The highest BCUT2D eigenvalue weighted by Gasteiger charge is 2.36. The first-order chi connectivity index (χ1) is 12.1. The Labute approximate surface area is 157 Å². The van der Waals surface area contributed by atoms with Gasteiger partial charge in [0.05, 0.1) is 18.3 Å². The molecule has 1 saturated heterocycles. The van der Waals surface area contributed by atoms with E-state index in [1.54, 1.807) is 18.1 Å². The number of anilines is 1. The molecule has 1 saturated carbocycles. The molecule has 3 N–H and O–H groups in total. The van der Waals surface area contributed by atoms with Gasteiger partial charge < -0.3 is 20.3 Å². The fourth-order valence-electron chi connectivity index (χ4n) is 3.51. The lowest BCUT2D eigenvalue weighted by atomic mass is 9.99. The molecule has 1 aliphatic carbocycles. The predicted molar refractivity (Wildman–Crippen MR) is 98.6 cm³/mol. The third-order valence-electron chi connectivity index (χ3n) is 4.94. The van der Waals surface area contributed by atoms with Crippen molar-refractivity contribution in [2.75, 3.05) is 25.1 Å². The third kappa shape index (κ3) is 3.10. The van der Waals surface area contributed by atoms with Crippen LogP contribution in [0.25, 0.3) is 11.5 Å². The fourth-order valence-corrected chi connectivity index (χ4v) is 3.51. The number of benzene rings is 1. The molecule has 4 rings (SSSR count). The van der Waals surface area contributed by atoms with Gasteiger partial charge >= 0.3 is 6.03 Å². The maximum absolute atomic E-state index is 12.0. The number of nitrogens with one attached hydrogen (secondary N) is 1. The Kier molecular flexibility index (Phi) is 5.06. The maximum Gasteiger partial charge on any atom is 0.322 e. The number of methoxy groups -OCH3 is 1. The SMILES string of the molecule is COc1ccc(-c2nc(C3(N)CCCC3)no2)cc1N1CCNC1=O.Cl. The topological polar surface area (TPSA) is 107 Å². The van der Waals surface area contributed by atoms with Gasteiger partial charge in [-0.2, -0.15) is 4.98 Å². The van der Waals surface area contributed by atoms with E-state index in [1.807, 2.05) is 12.1 Å². The minimum absolute atomic E-state index is 0. The zero-order valence-electron chi connectivity index (χ0n) is 14.5. The van der Waals surface area contributed by atoms with E-state index in [0.717, 1.165) is 31.2 Å². The van der Waals surface area contributed by atoms with Crippen LogP contribution in [0.4, 0.5) is 10.5 Å². The summed E-state index contributed by atoms with van der Waals surface area (Å²) < 4.78 is 10.8. The van der Waals surface area contributed by atoms with Crippen molar-refractivity contribution in [3.8, 4) is 17.2 Å². The zero-order chi connectivity index (χ0) is 17.4. The summed E-state index contributed by atoms with van der Waals surface area (Å²) in [4.78, 5) is 18.2. The molecule has 2 aromatic rings. The predicted octanol–water partition coefficient (Wildman–Crippen LogP) is 2.42. The number of ether oxygens (including phenoxy) is 1. The molecule has 0 radical (unpaired) electrons. The quantitative estimate of drug-likeness (QED) is 0.844. The van der Waals surface area contributed by atoms with E-state index in [2.05, 4.69) is 15.5 Å². The summed E-state index contributed by atoms with van der Waals surface area (Å²) in [5.74, 6) is 1.57. The van der Waals surface area contributed by atoms with E-state index < -0.39 is 5.54 Å². The number of hydrogen-bond donors (Lipinski definition) is 2. The molecule has 0 bridgehead atoms. The zero-order valence-corrected chi connectivity index (χ0v) is 15.3. The Morgan fingerprint density at radius 3 is 2.77 bits per heavy atom. The summed E-state index contributed by atoms with van der Waals surface area (Å²) in [7, 11) is 1.58. The van der Waals surface area contributed by atoms with E-state index >= 15 is 0 Å². The summed E-state index contributed by atoms with van der Waals surface area (Å²) in [6, 6.07) is 5.33. The Morgan fingerprint density at radius 1 is 1.35 bits per heavy atom. The van der Waals surface area contributed by atoms with Crippen molar-refractivity contribution in [3.63, 3.8) is 0 Å². The monoisotopic (exact) mass is 379 g/mol. The molecule has 0 spiro atoms. The van der Waals surface area contributed by atoms with Crippen molar-refractivity contribution in [1.29, 1.82) is 0 Å². The summed E-state index contributed by atoms with van der Waals surface area (Å²) in [6.07, 6.45) is 3.90. The van der Waals surface area contributed by atoms with Gasteiger partial charge in [0.15, 0.2) is 5.82 Å². The fraction of sp³-hybridized carbons (Fsp3) is 0.471. The Morgan fingerprint density at radius 2 is 2.12 bits per heavy atom. The maximum atomic E-state index is 12.0. The van der Waals surface area contributed by atoms with Gasteiger partial charge in [0.25, 0.3) is 5.89 Å². The molecule has 9 heteroatoms. The number of urea groups is 1. The second-order valence-corrected chi connectivity index (χ2v) is 6.56. The largest absolute Gasteiger partial charge is 0.495 e. The van der Waals surface area contributed by atoms with Gasteiger partial charge in [-0.1, -0.05) is 18.0 Å². The van der Waals surface area contributed by atoms with Crippen LogP contribution in [-0.4, -0.2) is 36.4 Å². The standard InChI is InChI=1S/C17H21N5O3.ClH/c1-24-13-5-4-11(10-12(13)22-9-8-19-16(22)23)14-20-15(21-25-14)17(18)6-2-3-7-17;/h4-5,10H,2-3,6-9,18H2,1H3,(H,19,23);1H. The number of amides is 2. The summed E-state index contributed by atoms with van der Waals surface area (Å²) >= 11 is 0. The molecule has 1 aliphatic heterocycles. The van der Waals surface area contributed by atoms with Crippen LogP contribution in [0.15, 0.2) is 22.7 Å². The van der Waals surface area contributed by atoms with Crippen LogP contribution in [0.3, 0.4) is 0 Å². The van der Waals surface area contributed by atoms with E-state index in [9.17, 15) is 4.79 Å². The Hall–Kier alpha value is -2.32. The Bertz CT molecular complexity index is 803. The normalized spacial score (nSPS) is 18.5. The highest BCUT2D eigenvalue weighted by Crippen LogP contribution is 2.37. The molecule has 2 heterocycles. The molecule has 140 valence electrons. The summed E-state index contributed by atoms with van der Waals surface area (Å²) in [5, 5.41) is 6.88. The second kappa shape index (κ2) is 7.13. The number of nitrogens with zero attached hydrogens (tertiary/aromatic N) is 3. The number of halogens is 1. The van der Waals surface area contributed by atoms with E-state index in [4.69, 9.17) is 15.0 Å². The van der Waals surface area contributed by atoms with Gasteiger partial charge in [-0.15, -0.1) is 12.4 Å². The second-order valence-electron chi connectivity index (χ2n) is 6.56. The molecular formula is C17H22ClN5O3. The molecule has 2 aliphatic rings. The van der Waals surface area contributed by atoms with Gasteiger partial charge in [-0.05, 0) is 31.0 Å². The highest BCUT2D eigenvalue weighted by molar-refractivity contribution is 5.96. The Balaban J connectivity index is 0.00000196. The van der Waals surface area contributed by atoms with Gasteiger partial charge in [0, 0.05) is 18.7 Å². The van der Waals surface area contributed by atoms with Gasteiger partial charge in [-0.25, -0.2) is 4.79 Å². The molecule has 0 unspecified atom stereocenters. The first-order valence-electron chi connectivity index (χ1n) is 8.47. The van der Waals surface area contributed by atoms with Crippen LogP contribution in [0, 0.1) is 0 Å². The first kappa shape index (κ1) is 18.5. The number of hydrogen-bond acceptors (Lipinski definition) is 6. The molecule has 26 heavy (non-hydrogen) atoms. The first-order valence-corrected chi connectivity index (χ1v) is 8.47.